The van der Waals surface area contributed by atoms with E-state index in [0.717, 1.165) is 5.57 Å². The summed E-state index contributed by atoms with van der Waals surface area (Å²) in [7, 11) is -3.23. The molecule has 0 aromatic carbocycles. The van der Waals surface area contributed by atoms with E-state index < -0.39 is 10.0 Å². The van der Waals surface area contributed by atoms with Gasteiger partial charge in [0, 0.05) is 6.21 Å². The van der Waals surface area contributed by atoms with E-state index >= 15 is 0 Å². The van der Waals surface area contributed by atoms with Gasteiger partial charge in [0.05, 0.1) is 5.41 Å². The molecule has 0 N–H and O–H groups in total. The minimum atomic E-state index is -3.23. The molecule has 1 rings (SSSR count). The van der Waals surface area contributed by atoms with Gasteiger partial charge in [0.15, 0.2) is 0 Å². The molecule has 0 radical (unpaired) electrons. The number of rotatable bonds is 1. The normalized spacial score (nSPS) is 21.7. The van der Waals surface area contributed by atoms with Crippen LogP contribution in [0.5, 0.6) is 0 Å². The van der Waals surface area contributed by atoms with Gasteiger partial charge in [-0.15, -0.1) is 0 Å². The third-order valence-electron chi connectivity index (χ3n) is 1.30. The van der Waals surface area contributed by atoms with Gasteiger partial charge in [0.1, 0.15) is 0 Å². The highest BCUT2D eigenvalue weighted by Crippen LogP contribution is 2.15. The highest BCUT2D eigenvalue weighted by molar-refractivity contribution is 7.93. The van der Waals surface area contributed by atoms with Crippen molar-refractivity contribution < 1.29 is 8.42 Å². The van der Waals surface area contributed by atoms with Crippen molar-refractivity contribution in [2.24, 2.45) is 10.3 Å². The Balaban J connectivity index is 3.00. The van der Waals surface area contributed by atoms with Gasteiger partial charge in [-0.05, 0) is 11.5 Å². The molecule has 0 spiro atoms. The second-order valence-electron chi connectivity index (χ2n) is 2.52. The van der Waals surface area contributed by atoms with Crippen molar-refractivity contribution in [3.8, 4) is 0 Å². The maximum absolute atomic E-state index is 10.7. The molecular formula is C6H9NO2S. The molecule has 0 saturated carbocycles. The lowest BCUT2D eigenvalue weighted by Gasteiger charge is -1.97. The molecule has 10 heavy (non-hydrogen) atoms. The summed E-state index contributed by atoms with van der Waals surface area (Å²) >= 11 is 0. The van der Waals surface area contributed by atoms with Gasteiger partial charge in [-0.2, -0.15) is 12.8 Å². The second-order valence-corrected chi connectivity index (χ2v) is 4.00. The number of hydrogen-bond donors (Lipinski definition) is 0. The highest BCUT2D eigenvalue weighted by Gasteiger charge is 2.14. The Morgan fingerprint density at radius 3 is 2.30 bits per heavy atom. The Hall–Kier alpha value is -0.640. The third-order valence-corrected chi connectivity index (χ3v) is 2.27. The first-order valence-electron chi connectivity index (χ1n) is 3.03. The SMILES string of the molecule is CC(C)C1=CS(=O)(=O)N=C1. The summed E-state index contributed by atoms with van der Waals surface area (Å²) in [6.07, 6.45) is 1.40. The lowest BCUT2D eigenvalue weighted by atomic mass is 10.1. The van der Waals surface area contributed by atoms with Crippen LogP contribution in [0.1, 0.15) is 13.8 Å². The molecule has 0 aromatic heterocycles. The minimum Gasteiger partial charge on any atom is -0.200 e. The molecule has 0 amide bonds. The van der Waals surface area contributed by atoms with E-state index in [4.69, 9.17) is 0 Å². The lowest BCUT2D eigenvalue weighted by Crippen LogP contribution is -1.91. The van der Waals surface area contributed by atoms with Crippen LogP contribution in [-0.2, 0) is 10.0 Å². The average molecular weight is 159 g/mol. The van der Waals surface area contributed by atoms with Crippen molar-refractivity contribution in [1.29, 1.82) is 0 Å². The zero-order chi connectivity index (χ0) is 7.78. The number of hydrogen-bond acceptors (Lipinski definition) is 2. The molecule has 0 aliphatic carbocycles. The topological polar surface area (TPSA) is 46.5 Å². The van der Waals surface area contributed by atoms with Crippen LogP contribution in [0, 0.1) is 5.92 Å². The van der Waals surface area contributed by atoms with Gasteiger partial charge in [0.2, 0.25) is 0 Å². The monoisotopic (exact) mass is 159 g/mol. The molecule has 56 valence electrons. The van der Waals surface area contributed by atoms with Gasteiger partial charge < -0.3 is 0 Å². The van der Waals surface area contributed by atoms with Crippen molar-refractivity contribution in [3.05, 3.63) is 11.0 Å². The van der Waals surface area contributed by atoms with Crippen LogP contribution in [0.4, 0.5) is 0 Å². The molecule has 4 heteroatoms. The van der Waals surface area contributed by atoms with E-state index in [0.29, 0.717) is 0 Å². The van der Waals surface area contributed by atoms with E-state index in [2.05, 4.69) is 4.40 Å². The fourth-order valence-electron chi connectivity index (χ4n) is 0.652. The van der Waals surface area contributed by atoms with E-state index in [-0.39, 0.29) is 5.92 Å². The van der Waals surface area contributed by atoms with Crippen molar-refractivity contribution in [3.63, 3.8) is 0 Å². The van der Waals surface area contributed by atoms with Crippen LogP contribution in [0.25, 0.3) is 0 Å². The van der Waals surface area contributed by atoms with Crippen molar-refractivity contribution in [1.82, 2.24) is 0 Å². The van der Waals surface area contributed by atoms with Crippen LogP contribution in [-0.4, -0.2) is 14.6 Å². The Labute approximate surface area is 60.5 Å². The number of nitrogens with zero attached hydrogens (tertiary/aromatic N) is 1. The zero-order valence-electron chi connectivity index (χ0n) is 5.90. The fraction of sp³-hybridized carbons (Fsp3) is 0.500. The third kappa shape index (κ3) is 1.44. The molecule has 0 unspecified atom stereocenters. The smallest absolute Gasteiger partial charge is 0.200 e. The molecule has 1 aliphatic heterocycles. The molecule has 1 aliphatic rings. The highest BCUT2D eigenvalue weighted by atomic mass is 32.2. The van der Waals surface area contributed by atoms with Gasteiger partial charge >= 0.3 is 0 Å². The van der Waals surface area contributed by atoms with Crippen molar-refractivity contribution >= 4 is 16.2 Å². The Morgan fingerprint density at radius 2 is 2.10 bits per heavy atom. The standard InChI is InChI=1S/C6H9NO2S/c1-5(2)6-3-7-10(8,9)4-6/h3-5H,1-2H3. The van der Waals surface area contributed by atoms with E-state index in [1.54, 1.807) is 0 Å². The summed E-state index contributed by atoms with van der Waals surface area (Å²) in [5, 5.41) is 1.21. The van der Waals surface area contributed by atoms with Gasteiger partial charge in [-0.25, -0.2) is 0 Å². The molecular weight excluding hydrogens is 150 g/mol. The minimum absolute atomic E-state index is 0.237. The maximum atomic E-state index is 10.7. The quantitative estimate of drug-likeness (QED) is 0.571. The molecule has 0 fully saturated rings. The second kappa shape index (κ2) is 2.20. The van der Waals surface area contributed by atoms with E-state index in [9.17, 15) is 8.42 Å². The fourth-order valence-corrected chi connectivity index (χ4v) is 1.66. The van der Waals surface area contributed by atoms with Crippen LogP contribution in [0.2, 0.25) is 0 Å². The molecule has 3 nitrogen and oxygen atoms in total. The molecule has 0 atom stereocenters. The number of allylic oxidation sites excluding steroid dienone is 1. The maximum Gasteiger partial charge on any atom is 0.275 e. The summed E-state index contributed by atoms with van der Waals surface area (Å²) in [6.45, 7) is 3.86. The zero-order valence-corrected chi connectivity index (χ0v) is 6.72. The molecule has 0 aromatic rings. The lowest BCUT2D eigenvalue weighted by molar-refractivity contribution is 0.607. The first kappa shape index (κ1) is 7.47. The van der Waals surface area contributed by atoms with Crippen LogP contribution in [0.15, 0.2) is 15.4 Å². The first-order valence-corrected chi connectivity index (χ1v) is 4.53. The Morgan fingerprint density at radius 1 is 1.50 bits per heavy atom. The molecule has 0 saturated heterocycles. The van der Waals surface area contributed by atoms with Crippen LogP contribution < -0.4 is 0 Å². The van der Waals surface area contributed by atoms with E-state index in [1.807, 2.05) is 13.8 Å². The van der Waals surface area contributed by atoms with Crippen LogP contribution >= 0.6 is 0 Å². The van der Waals surface area contributed by atoms with Crippen LogP contribution in [0.3, 0.4) is 0 Å². The van der Waals surface area contributed by atoms with Gasteiger partial charge in [-0.3, -0.25) is 0 Å². The predicted octanol–water partition coefficient (Wildman–Crippen LogP) is 0.941. The summed E-state index contributed by atoms with van der Waals surface area (Å²) in [5.74, 6) is 0.237. The molecule has 1 heterocycles. The Bertz CT molecular complexity index is 285. The van der Waals surface area contributed by atoms with Crippen molar-refractivity contribution in [2.45, 2.75) is 13.8 Å². The summed E-state index contributed by atoms with van der Waals surface area (Å²) in [4.78, 5) is 0. The summed E-state index contributed by atoms with van der Waals surface area (Å²) in [6, 6.07) is 0. The molecule has 0 bridgehead atoms. The van der Waals surface area contributed by atoms with Crippen molar-refractivity contribution in [2.75, 3.05) is 0 Å². The summed E-state index contributed by atoms with van der Waals surface area (Å²) < 4.78 is 24.7. The summed E-state index contributed by atoms with van der Waals surface area (Å²) in [5.41, 5.74) is 0.778. The largest absolute Gasteiger partial charge is 0.275 e. The average Bonchev–Trinajstić information content (AvgIpc) is 2.10. The first-order chi connectivity index (χ1) is 4.51. The Kier molecular flexibility index (Phi) is 1.64. The predicted molar refractivity (Wildman–Crippen MR) is 40.3 cm³/mol. The number of sulfonamides is 1. The van der Waals surface area contributed by atoms with E-state index in [1.165, 1.54) is 11.6 Å². The van der Waals surface area contributed by atoms with Gasteiger partial charge in [0.25, 0.3) is 10.0 Å². The van der Waals surface area contributed by atoms with Gasteiger partial charge in [-0.1, -0.05) is 13.8 Å².